The highest BCUT2D eigenvalue weighted by atomic mass is 16.2. The van der Waals surface area contributed by atoms with Crippen molar-refractivity contribution >= 4 is 5.91 Å². The number of carbonyl (C=O) groups excluding carboxylic acids is 1. The fraction of sp³-hybridized carbons (Fsp3) is 0.889. The molecule has 0 radical (unpaired) electrons. The van der Waals surface area contributed by atoms with Crippen molar-refractivity contribution in [3.8, 4) is 0 Å². The number of piperidine rings is 1. The quantitative estimate of drug-likeness (QED) is 0.602. The monoisotopic (exact) mass is 153 g/mol. The molecule has 0 aromatic rings. The molecule has 2 rings (SSSR count). The molecule has 2 fully saturated rings. The molecule has 1 saturated carbocycles. The zero-order valence-corrected chi connectivity index (χ0v) is 7.35. The molecule has 0 spiro atoms. The SMILES string of the molecule is CC(C)C1C(=O)NC2(C)CC12. The van der Waals surface area contributed by atoms with Gasteiger partial charge in [-0.15, -0.1) is 0 Å². The first-order valence-electron chi connectivity index (χ1n) is 4.36. The first-order valence-corrected chi connectivity index (χ1v) is 4.36. The van der Waals surface area contributed by atoms with Gasteiger partial charge >= 0.3 is 0 Å². The molecule has 0 aromatic carbocycles. The minimum absolute atomic E-state index is 0.187. The highest BCUT2D eigenvalue weighted by molar-refractivity contribution is 5.84. The predicted molar refractivity (Wildman–Crippen MR) is 43.0 cm³/mol. The lowest BCUT2D eigenvalue weighted by Gasteiger charge is -2.12. The van der Waals surface area contributed by atoms with Gasteiger partial charge in [-0.05, 0) is 25.2 Å². The van der Waals surface area contributed by atoms with Crippen LogP contribution in [0.1, 0.15) is 27.2 Å². The van der Waals surface area contributed by atoms with E-state index in [0.29, 0.717) is 17.8 Å². The molecular formula is C9H15NO. The Labute approximate surface area is 67.4 Å². The van der Waals surface area contributed by atoms with E-state index in [1.165, 1.54) is 6.42 Å². The lowest BCUT2D eigenvalue weighted by atomic mass is 9.91. The fourth-order valence-electron chi connectivity index (χ4n) is 2.38. The molecule has 3 unspecified atom stereocenters. The lowest BCUT2D eigenvalue weighted by molar-refractivity contribution is -0.125. The van der Waals surface area contributed by atoms with Crippen LogP contribution in [0.5, 0.6) is 0 Å². The van der Waals surface area contributed by atoms with Crippen molar-refractivity contribution in [1.82, 2.24) is 5.32 Å². The van der Waals surface area contributed by atoms with Crippen molar-refractivity contribution in [2.75, 3.05) is 0 Å². The molecule has 2 aliphatic rings. The standard InChI is InChI=1S/C9H15NO/c1-5(2)7-6-4-9(6,3)10-8(7)11/h5-7H,4H2,1-3H3,(H,10,11). The number of carbonyl (C=O) groups is 1. The van der Waals surface area contributed by atoms with Gasteiger partial charge in [0.15, 0.2) is 0 Å². The Hall–Kier alpha value is -0.530. The molecule has 0 aromatic heterocycles. The third-order valence-electron chi connectivity index (χ3n) is 3.17. The van der Waals surface area contributed by atoms with Crippen LogP contribution in [0.15, 0.2) is 0 Å². The van der Waals surface area contributed by atoms with E-state index in [1.807, 2.05) is 0 Å². The fourth-order valence-corrected chi connectivity index (χ4v) is 2.38. The van der Waals surface area contributed by atoms with E-state index >= 15 is 0 Å². The number of amides is 1. The molecule has 2 nitrogen and oxygen atoms in total. The molecular weight excluding hydrogens is 138 g/mol. The maximum absolute atomic E-state index is 11.4. The maximum atomic E-state index is 11.4. The molecule has 11 heavy (non-hydrogen) atoms. The van der Waals surface area contributed by atoms with Crippen LogP contribution in [-0.2, 0) is 4.79 Å². The summed E-state index contributed by atoms with van der Waals surface area (Å²) in [5.74, 6) is 1.71. The van der Waals surface area contributed by atoms with Crippen LogP contribution < -0.4 is 5.32 Å². The van der Waals surface area contributed by atoms with Gasteiger partial charge in [-0.3, -0.25) is 4.79 Å². The molecule has 0 bridgehead atoms. The Kier molecular flexibility index (Phi) is 1.16. The molecule has 1 N–H and O–H groups in total. The van der Waals surface area contributed by atoms with Crippen LogP contribution in [0.3, 0.4) is 0 Å². The third-order valence-corrected chi connectivity index (χ3v) is 3.17. The van der Waals surface area contributed by atoms with Crippen LogP contribution in [0.25, 0.3) is 0 Å². The van der Waals surface area contributed by atoms with E-state index in [-0.39, 0.29) is 11.4 Å². The van der Waals surface area contributed by atoms with Crippen molar-refractivity contribution in [3.05, 3.63) is 0 Å². The molecule has 1 heterocycles. The van der Waals surface area contributed by atoms with E-state index in [0.717, 1.165) is 0 Å². The Morgan fingerprint density at radius 1 is 1.64 bits per heavy atom. The average molecular weight is 153 g/mol. The van der Waals surface area contributed by atoms with Gasteiger partial charge in [0.25, 0.3) is 0 Å². The molecule has 3 atom stereocenters. The summed E-state index contributed by atoms with van der Waals surface area (Å²) in [5, 5.41) is 3.06. The molecule has 1 saturated heterocycles. The number of nitrogens with one attached hydrogen (secondary N) is 1. The zero-order valence-electron chi connectivity index (χ0n) is 7.35. The highest BCUT2D eigenvalue weighted by Gasteiger charge is 2.62. The molecule has 2 heteroatoms. The average Bonchev–Trinajstić information content (AvgIpc) is 2.34. The summed E-state index contributed by atoms with van der Waals surface area (Å²) in [6.45, 7) is 6.42. The normalized spacial score (nSPS) is 47.5. The topological polar surface area (TPSA) is 29.1 Å². The largest absolute Gasteiger partial charge is 0.350 e. The Morgan fingerprint density at radius 3 is 2.55 bits per heavy atom. The minimum atomic E-state index is 0.187. The van der Waals surface area contributed by atoms with Gasteiger partial charge < -0.3 is 5.32 Å². The summed E-state index contributed by atoms with van der Waals surface area (Å²) in [6.07, 6.45) is 1.20. The molecule has 1 aliphatic heterocycles. The van der Waals surface area contributed by atoms with Crippen molar-refractivity contribution in [2.45, 2.75) is 32.7 Å². The van der Waals surface area contributed by atoms with Gasteiger partial charge in [0.1, 0.15) is 0 Å². The van der Waals surface area contributed by atoms with Crippen molar-refractivity contribution < 1.29 is 4.79 Å². The molecule has 1 aliphatic carbocycles. The second-order valence-electron chi connectivity index (χ2n) is 4.49. The zero-order chi connectivity index (χ0) is 8.22. The number of hydrogen-bond donors (Lipinski definition) is 1. The van der Waals surface area contributed by atoms with Gasteiger partial charge in [-0.25, -0.2) is 0 Å². The van der Waals surface area contributed by atoms with Gasteiger partial charge in [-0.2, -0.15) is 0 Å². The first-order chi connectivity index (χ1) is 5.04. The van der Waals surface area contributed by atoms with E-state index in [4.69, 9.17) is 0 Å². The van der Waals surface area contributed by atoms with Crippen LogP contribution in [-0.4, -0.2) is 11.4 Å². The van der Waals surface area contributed by atoms with Crippen molar-refractivity contribution in [2.24, 2.45) is 17.8 Å². The van der Waals surface area contributed by atoms with Crippen LogP contribution in [0.2, 0.25) is 0 Å². The smallest absolute Gasteiger partial charge is 0.224 e. The summed E-state index contributed by atoms with van der Waals surface area (Å²) in [4.78, 5) is 11.4. The van der Waals surface area contributed by atoms with Gasteiger partial charge in [-0.1, -0.05) is 13.8 Å². The Balaban J connectivity index is 2.18. The summed E-state index contributed by atoms with van der Waals surface area (Å²) >= 11 is 0. The summed E-state index contributed by atoms with van der Waals surface area (Å²) < 4.78 is 0. The van der Waals surface area contributed by atoms with E-state index in [1.54, 1.807) is 0 Å². The first kappa shape index (κ1) is 7.14. The lowest BCUT2D eigenvalue weighted by Crippen LogP contribution is -2.31. The molecule has 62 valence electrons. The Bertz CT molecular complexity index is 212. The van der Waals surface area contributed by atoms with Gasteiger partial charge in [0.05, 0.1) is 0 Å². The second kappa shape index (κ2) is 1.79. The second-order valence-corrected chi connectivity index (χ2v) is 4.49. The van der Waals surface area contributed by atoms with E-state index < -0.39 is 0 Å². The summed E-state index contributed by atoms with van der Waals surface area (Å²) in [6, 6.07) is 0. The van der Waals surface area contributed by atoms with Gasteiger partial charge in [0, 0.05) is 11.5 Å². The van der Waals surface area contributed by atoms with Crippen molar-refractivity contribution in [3.63, 3.8) is 0 Å². The van der Waals surface area contributed by atoms with Crippen LogP contribution in [0.4, 0.5) is 0 Å². The summed E-state index contributed by atoms with van der Waals surface area (Å²) in [7, 11) is 0. The number of rotatable bonds is 1. The maximum Gasteiger partial charge on any atom is 0.224 e. The van der Waals surface area contributed by atoms with Crippen molar-refractivity contribution in [1.29, 1.82) is 0 Å². The Morgan fingerprint density at radius 2 is 2.27 bits per heavy atom. The van der Waals surface area contributed by atoms with Gasteiger partial charge in [0.2, 0.25) is 5.91 Å². The third kappa shape index (κ3) is 0.815. The highest BCUT2D eigenvalue weighted by Crippen LogP contribution is 2.54. The predicted octanol–water partition coefficient (Wildman–Crippen LogP) is 1.17. The van der Waals surface area contributed by atoms with E-state index in [2.05, 4.69) is 26.1 Å². The minimum Gasteiger partial charge on any atom is -0.350 e. The molecule has 1 amide bonds. The number of hydrogen-bond acceptors (Lipinski definition) is 1. The number of fused-ring (bicyclic) bond motifs is 1. The summed E-state index contributed by atoms with van der Waals surface area (Å²) in [5.41, 5.74) is 0.187. The van der Waals surface area contributed by atoms with Crippen LogP contribution >= 0.6 is 0 Å². The van der Waals surface area contributed by atoms with E-state index in [9.17, 15) is 4.79 Å². The van der Waals surface area contributed by atoms with Crippen LogP contribution in [0, 0.1) is 17.8 Å².